The van der Waals surface area contributed by atoms with Crippen molar-refractivity contribution < 1.29 is 19.1 Å². The van der Waals surface area contributed by atoms with E-state index >= 15 is 0 Å². The molecular formula is C17H16BrN3O4. The van der Waals surface area contributed by atoms with Crippen molar-refractivity contribution in [3.8, 4) is 5.75 Å². The van der Waals surface area contributed by atoms with Gasteiger partial charge < -0.3 is 15.8 Å². The molecule has 1 aromatic carbocycles. The van der Waals surface area contributed by atoms with Crippen LogP contribution in [0.15, 0.2) is 47.2 Å². The van der Waals surface area contributed by atoms with Crippen LogP contribution in [0.1, 0.15) is 22.8 Å². The summed E-state index contributed by atoms with van der Waals surface area (Å²) in [5.74, 6) is -1.23. The molecule has 0 bridgehead atoms. The number of aromatic nitrogens is 1. The highest BCUT2D eigenvalue weighted by molar-refractivity contribution is 9.10. The van der Waals surface area contributed by atoms with Gasteiger partial charge in [0.05, 0.1) is 0 Å². The first-order chi connectivity index (χ1) is 11.9. The number of amides is 2. The average Bonchev–Trinajstić information content (AvgIpc) is 2.56. The Hall–Kier alpha value is -2.74. The fourth-order valence-electron chi connectivity index (χ4n) is 2.10. The number of nitrogens with zero attached hydrogens (tertiary/aromatic N) is 1. The number of nitrogens with one attached hydrogen (secondary N) is 1. The molecule has 2 rings (SSSR count). The second-order valence-corrected chi connectivity index (χ2v) is 5.96. The Bertz CT molecular complexity index is 793. The van der Waals surface area contributed by atoms with Gasteiger partial charge in [0.1, 0.15) is 16.4 Å². The Morgan fingerprint density at radius 2 is 1.92 bits per heavy atom. The van der Waals surface area contributed by atoms with Crippen molar-refractivity contribution in [2.75, 3.05) is 0 Å². The number of hydrogen-bond donors (Lipinski definition) is 2. The number of rotatable bonds is 6. The van der Waals surface area contributed by atoms with Crippen LogP contribution in [0.4, 0.5) is 0 Å². The fraction of sp³-hybridized carbons (Fsp3) is 0.176. The summed E-state index contributed by atoms with van der Waals surface area (Å²) in [6, 6.07) is 8.60. The molecule has 1 aromatic heterocycles. The predicted molar refractivity (Wildman–Crippen MR) is 93.8 cm³/mol. The van der Waals surface area contributed by atoms with E-state index in [1.54, 1.807) is 18.3 Å². The number of halogens is 1. The van der Waals surface area contributed by atoms with Gasteiger partial charge in [0, 0.05) is 25.1 Å². The standard InChI is InChI=1S/C17H16BrN3O4/c1-10(22)25-13-6-4-11(5-7-13)17(24)21-14(16(19)23)9-12-3-2-8-20-15(12)18/h2-8,14H,9H2,1H3,(H2,19,23)(H,21,24)/t14-/m1/s1. The largest absolute Gasteiger partial charge is 0.427 e. The lowest BCUT2D eigenvalue weighted by Crippen LogP contribution is -2.45. The normalized spacial score (nSPS) is 11.4. The molecule has 8 heteroatoms. The van der Waals surface area contributed by atoms with Crippen molar-refractivity contribution >= 4 is 33.7 Å². The lowest BCUT2D eigenvalue weighted by Gasteiger charge is -2.16. The maximum Gasteiger partial charge on any atom is 0.308 e. The maximum absolute atomic E-state index is 12.3. The number of carbonyl (C=O) groups excluding carboxylic acids is 3. The summed E-state index contributed by atoms with van der Waals surface area (Å²) < 4.78 is 5.49. The summed E-state index contributed by atoms with van der Waals surface area (Å²) in [6.45, 7) is 1.29. The van der Waals surface area contributed by atoms with Crippen LogP contribution in [-0.2, 0) is 16.0 Å². The number of primary amides is 1. The number of benzene rings is 1. The van der Waals surface area contributed by atoms with E-state index in [4.69, 9.17) is 10.5 Å². The van der Waals surface area contributed by atoms with Crippen molar-refractivity contribution in [3.05, 3.63) is 58.3 Å². The van der Waals surface area contributed by atoms with Gasteiger partial charge in [-0.05, 0) is 51.8 Å². The number of carbonyl (C=O) groups is 3. The van der Waals surface area contributed by atoms with E-state index in [0.29, 0.717) is 15.9 Å². The molecule has 7 nitrogen and oxygen atoms in total. The Labute approximate surface area is 152 Å². The third-order valence-corrected chi connectivity index (χ3v) is 4.00. The molecule has 0 spiro atoms. The Kier molecular flexibility index (Phi) is 6.24. The molecule has 130 valence electrons. The van der Waals surface area contributed by atoms with E-state index in [2.05, 4.69) is 26.2 Å². The summed E-state index contributed by atoms with van der Waals surface area (Å²) in [5.41, 5.74) is 6.45. The zero-order valence-electron chi connectivity index (χ0n) is 13.4. The third-order valence-electron chi connectivity index (χ3n) is 3.29. The predicted octanol–water partition coefficient (Wildman–Crippen LogP) is 1.60. The summed E-state index contributed by atoms with van der Waals surface area (Å²) in [7, 11) is 0. The SMILES string of the molecule is CC(=O)Oc1ccc(C(=O)N[C@H](Cc2cccnc2Br)C(N)=O)cc1. The molecule has 0 saturated carbocycles. The van der Waals surface area contributed by atoms with Crippen LogP contribution in [0.3, 0.4) is 0 Å². The van der Waals surface area contributed by atoms with Crippen LogP contribution >= 0.6 is 15.9 Å². The van der Waals surface area contributed by atoms with Crippen LogP contribution in [0.5, 0.6) is 5.75 Å². The van der Waals surface area contributed by atoms with Crippen molar-refractivity contribution in [2.45, 2.75) is 19.4 Å². The summed E-state index contributed by atoms with van der Waals surface area (Å²) >= 11 is 3.30. The monoisotopic (exact) mass is 405 g/mol. The Morgan fingerprint density at radius 1 is 1.24 bits per heavy atom. The maximum atomic E-state index is 12.3. The van der Waals surface area contributed by atoms with Crippen molar-refractivity contribution in [1.82, 2.24) is 10.3 Å². The first kappa shape index (κ1) is 18.6. The fourth-order valence-corrected chi connectivity index (χ4v) is 2.51. The molecule has 2 aromatic rings. The molecule has 0 aliphatic rings. The summed E-state index contributed by atoms with van der Waals surface area (Å²) in [5, 5.41) is 2.60. The molecule has 0 aliphatic carbocycles. The van der Waals surface area contributed by atoms with E-state index in [9.17, 15) is 14.4 Å². The quantitative estimate of drug-likeness (QED) is 0.430. The summed E-state index contributed by atoms with van der Waals surface area (Å²) in [6.07, 6.45) is 1.82. The molecule has 0 radical (unpaired) electrons. The van der Waals surface area contributed by atoms with Gasteiger partial charge in [-0.25, -0.2) is 4.98 Å². The van der Waals surface area contributed by atoms with Crippen LogP contribution in [0.25, 0.3) is 0 Å². The molecule has 3 N–H and O–H groups in total. The van der Waals surface area contributed by atoms with Gasteiger partial charge >= 0.3 is 5.97 Å². The van der Waals surface area contributed by atoms with Crippen LogP contribution in [0.2, 0.25) is 0 Å². The zero-order valence-corrected chi connectivity index (χ0v) is 14.9. The van der Waals surface area contributed by atoms with Crippen LogP contribution < -0.4 is 15.8 Å². The first-order valence-corrected chi connectivity index (χ1v) is 8.14. The minimum Gasteiger partial charge on any atom is -0.427 e. The molecule has 1 atom stereocenters. The molecule has 0 unspecified atom stereocenters. The topological polar surface area (TPSA) is 111 Å². The molecule has 0 aliphatic heterocycles. The van der Waals surface area contributed by atoms with Gasteiger partial charge in [0.25, 0.3) is 5.91 Å². The average molecular weight is 406 g/mol. The molecule has 25 heavy (non-hydrogen) atoms. The van der Waals surface area contributed by atoms with Gasteiger partial charge in [-0.3, -0.25) is 14.4 Å². The molecule has 1 heterocycles. The summed E-state index contributed by atoms with van der Waals surface area (Å²) in [4.78, 5) is 39.0. The van der Waals surface area contributed by atoms with E-state index < -0.39 is 23.8 Å². The molecule has 0 fully saturated rings. The smallest absolute Gasteiger partial charge is 0.308 e. The van der Waals surface area contributed by atoms with Gasteiger partial charge in [0.15, 0.2) is 0 Å². The number of pyridine rings is 1. The second-order valence-electron chi connectivity index (χ2n) is 5.20. The highest BCUT2D eigenvalue weighted by Crippen LogP contribution is 2.16. The second kappa shape index (κ2) is 8.39. The van der Waals surface area contributed by atoms with Crippen molar-refractivity contribution in [3.63, 3.8) is 0 Å². The minimum absolute atomic E-state index is 0.209. The van der Waals surface area contributed by atoms with E-state index in [1.807, 2.05) is 0 Å². The number of esters is 1. The van der Waals surface area contributed by atoms with Crippen molar-refractivity contribution in [2.24, 2.45) is 5.73 Å². The van der Waals surface area contributed by atoms with Gasteiger partial charge in [0.2, 0.25) is 5.91 Å². The number of nitrogens with two attached hydrogens (primary N) is 1. The Balaban J connectivity index is 2.08. The Morgan fingerprint density at radius 3 is 2.48 bits per heavy atom. The molecule has 0 saturated heterocycles. The highest BCUT2D eigenvalue weighted by Gasteiger charge is 2.20. The lowest BCUT2D eigenvalue weighted by molar-refractivity contribution is -0.131. The van der Waals surface area contributed by atoms with E-state index in [1.165, 1.54) is 31.2 Å². The van der Waals surface area contributed by atoms with Crippen molar-refractivity contribution in [1.29, 1.82) is 0 Å². The zero-order chi connectivity index (χ0) is 18.4. The highest BCUT2D eigenvalue weighted by atomic mass is 79.9. The molecule has 2 amide bonds. The van der Waals surface area contributed by atoms with Crippen LogP contribution in [0, 0.1) is 0 Å². The lowest BCUT2D eigenvalue weighted by atomic mass is 10.1. The molecular weight excluding hydrogens is 390 g/mol. The van der Waals surface area contributed by atoms with Gasteiger partial charge in [-0.15, -0.1) is 0 Å². The first-order valence-electron chi connectivity index (χ1n) is 7.35. The number of ether oxygens (including phenoxy) is 1. The van der Waals surface area contributed by atoms with Gasteiger partial charge in [-0.1, -0.05) is 6.07 Å². The third kappa shape index (κ3) is 5.39. The van der Waals surface area contributed by atoms with E-state index in [0.717, 1.165) is 5.56 Å². The minimum atomic E-state index is -0.888. The van der Waals surface area contributed by atoms with E-state index in [-0.39, 0.29) is 6.42 Å². The number of hydrogen-bond acceptors (Lipinski definition) is 5. The van der Waals surface area contributed by atoms with Gasteiger partial charge in [-0.2, -0.15) is 0 Å². The van der Waals surface area contributed by atoms with Crippen LogP contribution in [-0.4, -0.2) is 28.8 Å².